The molecular weight excluding hydrogens is 200 g/mol. The number of rotatable bonds is 1. The fourth-order valence-electron chi connectivity index (χ4n) is 1.20. The lowest BCUT2D eigenvalue weighted by Crippen LogP contribution is -2.21. The maximum absolute atomic E-state index is 10.5. The van der Waals surface area contributed by atoms with Crippen LogP contribution in [-0.4, -0.2) is 25.9 Å². The number of hydrogen-bond donors (Lipinski definition) is 2. The monoisotopic (exact) mass is 206 g/mol. The topological polar surface area (TPSA) is 124 Å². The van der Waals surface area contributed by atoms with Crippen LogP contribution < -0.4 is 5.73 Å². The Labute approximate surface area is 83.0 Å². The van der Waals surface area contributed by atoms with E-state index in [2.05, 4.69) is 10.3 Å². The Kier molecular flexibility index (Phi) is 1.82. The Morgan fingerprint density at radius 2 is 2.33 bits per heavy atom. The highest BCUT2D eigenvalue weighted by Crippen LogP contribution is 2.18. The van der Waals surface area contributed by atoms with Crippen molar-refractivity contribution in [2.45, 2.75) is 0 Å². The molecule has 0 aliphatic carbocycles. The standard InChI is InChI=1S/C7H6N6O2/c8-7(9)12-6-3-4(13(14)15)1-2-5(6)10-11-12/h1-3H,(H3,8,9). The summed E-state index contributed by atoms with van der Waals surface area (Å²) in [5, 5.41) is 25.0. The van der Waals surface area contributed by atoms with Crippen molar-refractivity contribution in [2.24, 2.45) is 5.73 Å². The number of aromatic nitrogens is 3. The normalized spacial score (nSPS) is 10.4. The van der Waals surface area contributed by atoms with Crippen molar-refractivity contribution in [2.75, 3.05) is 0 Å². The molecule has 8 nitrogen and oxygen atoms in total. The molecule has 8 heteroatoms. The second kappa shape index (κ2) is 3.01. The van der Waals surface area contributed by atoms with Crippen molar-refractivity contribution < 1.29 is 4.92 Å². The molecule has 0 unspecified atom stereocenters. The highest BCUT2D eigenvalue weighted by atomic mass is 16.6. The van der Waals surface area contributed by atoms with Crippen LogP contribution in [0.25, 0.3) is 11.0 Å². The van der Waals surface area contributed by atoms with Gasteiger partial charge in [0.15, 0.2) is 0 Å². The van der Waals surface area contributed by atoms with Crippen LogP contribution >= 0.6 is 0 Å². The predicted molar refractivity (Wildman–Crippen MR) is 51.5 cm³/mol. The van der Waals surface area contributed by atoms with Crippen LogP contribution in [-0.2, 0) is 0 Å². The third-order valence-electron chi connectivity index (χ3n) is 1.87. The lowest BCUT2D eigenvalue weighted by Gasteiger charge is -1.96. The van der Waals surface area contributed by atoms with Gasteiger partial charge < -0.3 is 5.73 Å². The van der Waals surface area contributed by atoms with Gasteiger partial charge in [-0.3, -0.25) is 15.5 Å². The van der Waals surface area contributed by atoms with E-state index in [-0.39, 0.29) is 11.6 Å². The van der Waals surface area contributed by atoms with Gasteiger partial charge in [-0.15, -0.1) is 5.10 Å². The summed E-state index contributed by atoms with van der Waals surface area (Å²) in [7, 11) is 0. The molecule has 0 saturated carbocycles. The summed E-state index contributed by atoms with van der Waals surface area (Å²) in [4.78, 5) is 9.99. The van der Waals surface area contributed by atoms with E-state index in [1.54, 1.807) is 0 Å². The fourth-order valence-corrected chi connectivity index (χ4v) is 1.20. The summed E-state index contributed by atoms with van der Waals surface area (Å²) >= 11 is 0. The van der Waals surface area contributed by atoms with Crippen LogP contribution in [0.3, 0.4) is 0 Å². The van der Waals surface area contributed by atoms with Crippen molar-refractivity contribution in [3.05, 3.63) is 28.3 Å². The van der Waals surface area contributed by atoms with Gasteiger partial charge in [-0.05, 0) is 6.07 Å². The number of nitrogens with one attached hydrogen (secondary N) is 1. The van der Waals surface area contributed by atoms with E-state index in [1.165, 1.54) is 18.2 Å². The predicted octanol–water partition coefficient (Wildman–Crippen LogP) is 0.0811. The Bertz CT molecular complexity index is 560. The minimum absolute atomic E-state index is 0.0905. The van der Waals surface area contributed by atoms with Crippen molar-refractivity contribution in [3.63, 3.8) is 0 Å². The SMILES string of the molecule is N=C(N)n1nnc2ccc([N+](=O)[O-])cc21. The van der Waals surface area contributed by atoms with E-state index in [0.717, 1.165) is 4.68 Å². The number of nitro groups is 1. The van der Waals surface area contributed by atoms with Gasteiger partial charge in [0.25, 0.3) is 5.69 Å². The second-order valence-corrected chi connectivity index (χ2v) is 2.82. The molecule has 0 aliphatic heterocycles. The van der Waals surface area contributed by atoms with Gasteiger partial charge in [0.2, 0.25) is 5.96 Å². The number of non-ortho nitro benzene ring substituents is 1. The van der Waals surface area contributed by atoms with Crippen molar-refractivity contribution in [3.8, 4) is 0 Å². The summed E-state index contributed by atoms with van der Waals surface area (Å²) in [6.07, 6.45) is 0. The van der Waals surface area contributed by atoms with Crippen LogP contribution in [0.1, 0.15) is 0 Å². The lowest BCUT2D eigenvalue weighted by atomic mass is 10.3. The Morgan fingerprint density at radius 1 is 1.60 bits per heavy atom. The zero-order chi connectivity index (χ0) is 11.0. The Hall–Kier alpha value is -2.51. The zero-order valence-electron chi connectivity index (χ0n) is 7.41. The molecule has 15 heavy (non-hydrogen) atoms. The molecule has 76 valence electrons. The summed E-state index contributed by atoms with van der Waals surface area (Å²) in [5.74, 6) is -0.335. The number of benzene rings is 1. The number of fused-ring (bicyclic) bond motifs is 1. The van der Waals surface area contributed by atoms with Crippen molar-refractivity contribution >= 4 is 22.7 Å². The largest absolute Gasteiger partial charge is 0.368 e. The molecular formula is C7H6N6O2. The highest BCUT2D eigenvalue weighted by molar-refractivity contribution is 5.88. The van der Waals surface area contributed by atoms with E-state index in [4.69, 9.17) is 11.1 Å². The number of nitrogens with zero attached hydrogens (tertiary/aromatic N) is 4. The quantitative estimate of drug-likeness (QED) is 0.296. The van der Waals surface area contributed by atoms with Crippen LogP contribution in [0.15, 0.2) is 18.2 Å². The van der Waals surface area contributed by atoms with Gasteiger partial charge in [-0.1, -0.05) is 5.21 Å². The minimum Gasteiger partial charge on any atom is -0.368 e. The number of nitrogens with two attached hydrogens (primary N) is 1. The molecule has 0 amide bonds. The van der Waals surface area contributed by atoms with Crippen LogP contribution in [0.5, 0.6) is 0 Å². The minimum atomic E-state index is -0.531. The number of nitrogen functional groups attached to an aromatic ring is 1. The molecule has 0 radical (unpaired) electrons. The second-order valence-electron chi connectivity index (χ2n) is 2.82. The summed E-state index contributed by atoms with van der Waals surface area (Å²) in [5.41, 5.74) is 5.93. The molecule has 0 atom stereocenters. The van der Waals surface area contributed by atoms with Gasteiger partial charge in [0.1, 0.15) is 11.0 Å². The molecule has 2 aromatic rings. The van der Waals surface area contributed by atoms with E-state index in [9.17, 15) is 10.1 Å². The lowest BCUT2D eigenvalue weighted by molar-refractivity contribution is -0.384. The third-order valence-corrected chi connectivity index (χ3v) is 1.87. The Balaban J connectivity index is 2.72. The van der Waals surface area contributed by atoms with Crippen LogP contribution in [0.2, 0.25) is 0 Å². The number of nitro benzene ring substituents is 1. The summed E-state index contributed by atoms with van der Waals surface area (Å²) in [6.45, 7) is 0. The van der Waals surface area contributed by atoms with Crippen LogP contribution in [0, 0.1) is 15.5 Å². The number of hydrogen-bond acceptors (Lipinski definition) is 5. The van der Waals surface area contributed by atoms with Gasteiger partial charge in [-0.25, -0.2) is 0 Å². The summed E-state index contributed by atoms with van der Waals surface area (Å²) < 4.78 is 1.03. The first-order valence-electron chi connectivity index (χ1n) is 3.94. The molecule has 3 N–H and O–H groups in total. The third kappa shape index (κ3) is 1.37. The average molecular weight is 206 g/mol. The van der Waals surface area contributed by atoms with Crippen molar-refractivity contribution in [1.29, 1.82) is 5.41 Å². The van der Waals surface area contributed by atoms with Gasteiger partial charge in [0, 0.05) is 12.1 Å². The first kappa shape index (κ1) is 9.06. The first-order valence-corrected chi connectivity index (χ1v) is 3.94. The van der Waals surface area contributed by atoms with E-state index in [1.807, 2.05) is 0 Å². The van der Waals surface area contributed by atoms with E-state index < -0.39 is 4.92 Å². The molecule has 0 spiro atoms. The maximum atomic E-state index is 10.5. The van der Waals surface area contributed by atoms with Gasteiger partial charge >= 0.3 is 0 Å². The van der Waals surface area contributed by atoms with Crippen LogP contribution in [0.4, 0.5) is 5.69 Å². The molecule has 1 heterocycles. The van der Waals surface area contributed by atoms with E-state index >= 15 is 0 Å². The average Bonchev–Trinajstić information content (AvgIpc) is 2.59. The zero-order valence-corrected chi connectivity index (χ0v) is 7.41. The summed E-state index contributed by atoms with van der Waals surface area (Å²) in [6, 6.07) is 4.05. The molecule has 0 aliphatic rings. The fraction of sp³-hybridized carbons (Fsp3) is 0. The van der Waals surface area contributed by atoms with Gasteiger partial charge in [-0.2, -0.15) is 4.68 Å². The Morgan fingerprint density at radius 3 is 2.93 bits per heavy atom. The molecule has 0 fully saturated rings. The molecule has 0 bridgehead atoms. The smallest absolute Gasteiger partial charge is 0.271 e. The van der Waals surface area contributed by atoms with Crippen molar-refractivity contribution in [1.82, 2.24) is 15.0 Å². The molecule has 2 rings (SSSR count). The maximum Gasteiger partial charge on any atom is 0.271 e. The highest BCUT2D eigenvalue weighted by Gasteiger charge is 2.12. The molecule has 1 aromatic carbocycles. The van der Waals surface area contributed by atoms with Gasteiger partial charge in [0.05, 0.1) is 4.92 Å². The molecule has 0 saturated heterocycles. The van der Waals surface area contributed by atoms with E-state index in [0.29, 0.717) is 11.0 Å². The molecule has 1 aromatic heterocycles. The first-order chi connectivity index (χ1) is 7.09.